The topological polar surface area (TPSA) is 122 Å². The predicted molar refractivity (Wildman–Crippen MR) is 210 cm³/mol. The number of hydrogen-bond acceptors (Lipinski definition) is 8. The van der Waals surface area contributed by atoms with Crippen molar-refractivity contribution in [3.8, 4) is 0 Å². The number of thiazole rings is 1. The number of rotatable bonds is 9. The van der Waals surface area contributed by atoms with Crippen molar-refractivity contribution in [2.24, 2.45) is 0 Å². The monoisotopic (exact) mass is 790 g/mol. The molecule has 278 valence electrons. The minimum Gasteiger partial charge on any atom is -0.469 e. The fraction of sp³-hybridized carbons (Fsp3) is 0.359. The third-order valence-corrected chi connectivity index (χ3v) is 18.6. The van der Waals surface area contributed by atoms with Gasteiger partial charge in [-0.2, -0.15) is 4.31 Å². The number of hydrogen-bond donors (Lipinski definition) is 1. The molecule has 3 heterocycles. The van der Waals surface area contributed by atoms with E-state index in [0.717, 1.165) is 17.0 Å². The van der Waals surface area contributed by atoms with Crippen LogP contribution in [-0.2, 0) is 36.8 Å². The van der Waals surface area contributed by atoms with Crippen molar-refractivity contribution >= 4 is 74.4 Å². The number of nitrogens with zero attached hydrogens (tertiary/aromatic N) is 3. The molecule has 0 saturated carbocycles. The molecular formula is C39H43ClN4O6S2Si. The Labute approximate surface area is 320 Å². The number of amides is 1. The van der Waals surface area contributed by atoms with Crippen LogP contribution in [0, 0.1) is 0 Å². The number of carbonyl (C=O) groups excluding carboxylic acids is 2. The second kappa shape index (κ2) is 14.8. The molecular weight excluding hydrogens is 748 g/mol. The number of piperazine rings is 1. The van der Waals surface area contributed by atoms with E-state index in [1.54, 1.807) is 29.2 Å². The summed E-state index contributed by atoms with van der Waals surface area (Å²) < 4.78 is 41.3. The van der Waals surface area contributed by atoms with Gasteiger partial charge in [-0.3, -0.25) is 9.59 Å². The van der Waals surface area contributed by atoms with E-state index >= 15 is 0 Å². The third-order valence-electron chi connectivity index (χ3n) is 10.3. The molecule has 14 heteroatoms. The van der Waals surface area contributed by atoms with Crippen molar-refractivity contribution in [3.05, 3.63) is 106 Å². The van der Waals surface area contributed by atoms with Crippen molar-refractivity contribution in [2.45, 2.75) is 68.7 Å². The molecule has 1 aliphatic carbocycles. The third kappa shape index (κ3) is 7.22. The molecule has 3 aromatic carbocycles. The molecule has 1 aliphatic heterocycles. The summed E-state index contributed by atoms with van der Waals surface area (Å²) in [6.45, 7) is 6.88. The maximum atomic E-state index is 14.2. The second-order valence-corrected chi connectivity index (χ2v) is 22.4. The van der Waals surface area contributed by atoms with E-state index in [4.69, 9.17) is 25.7 Å². The summed E-state index contributed by atoms with van der Waals surface area (Å²) in [5, 5.41) is 3.79. The van der Waals surface area contributed by atoms with Gasteiger partial charge in [0, 0.05) is 46.9 Å². The van der Waals surface area contributed by atoms with Crippen molar-refractivity contribution < 1.29 is 27.2 Å². The van der Waals surface area contributed by atoms with E-state index in [9.17, 15) is 18.0 Å². The molecule has 5 aromatic rings. The van der Waals surface area contributed by atoms with Crippen molar-refractivity contribution in [1.82, 2.24) is 19.2 Å². The zero-order chi connectivity index (χ0) is 37.5. The molecule has 0 spiro atoms. The number of esters is 1. The van der Waals surface area contributed by atoms with Gasteiger partial charge in [0.05, 0.1) is 31.4 Å². The van der Waals surface area contributed by atoms with Crippen molar-refractivity contribution in [3.63, 3.8) is 0 Å². The zero-order valence-corrected chi connectivity index (χ0v) is 33.6. The first-order chi connectivity index (χ1) is 25.3. The van der Waals surface area contributed by atoms with E-state index in [2.05, 4.69) is 74.3 Å². The van der Waals surface area contributed by atoms with E-state index in [1.165, 1.54) is 33.1 Å². The van der Waals surface area contributed by atoms with Crippen LogP contribution in [0.15, 0.2) is 90.0 Å². The van der Waals surface area contributed by atoms with Gasteiger partial charge in [-0.15, -0.1) is 11.3 Å². The lowest BCUT2D eigenvalue weighted by Gasteiger charge is -2.45. The Kier molecular flexibility index (Phi) is 10.4. The molecule has 10 nitrogen and oxygen atoms in total. The number of ether oxygens (including phenoxy) is 1. The molecule has 53 heavy (non-hydrogen) atoms. The fourth-order valence-electron chi connectivity index (χ4n) is 7.72. The Morgan fingerprint density at radius 3 is 2.32 bits per heavy atom. The Balaban J connectivity index is 1.12. The number of aryl methyl sites for hydroxylation is 1. The number of fused-ring (bicyclic) bond motifs is 2. The van der Waals surface area contributed by atoms with Gasteiger partial charge < -0.3 is 19.0 Å². The van der Waals surface area contributed by atoms with E-state index < -0.39 is 30.4 Å². The van der Waals surface area contributed by atoms with E-state index in [1.807, 2.05) is 12.1 Å². The Hall–Kier alpha value is -3.85. The van der Waals surface area contributed by atoms with Crippen LogP contribution in [0.2, 0.25) is 10.1 Å². The molecule has 2 unspecified atom stereocenters. The summed E-state index contributed by atoms with van der Waals surface area (Å²) in [5.41, 5.74) is 1.53. The summed E-state index contributed by atoms with van der Waals surface area (Å²) in [6.07, 6.45) is 1.86. The van der Waals surface area contributed by atoms with Crippen LogP contribution in [0.3, 0.4) is 0 Å². The quantitative estimate of drug-likeness (QED) is 0.148. The minimum absolute atomic E-state index is 0.0220. The van der Waals surface area contributed by atoms with Gasteiger partial charge in [0.15, 0.2) is 5.01 Å². The SMILES string of the molecule is COC(=O)CC1CN(S(=O)(=O)c2cc3cc(Cl)ccc3[nH]2)CCN1C(=O)c1nc2c(s1)CC(O[Si](c1ccccc1)(c1ccccc1)C(C)(C)C)CC2. The van der Waals surface area contributed by atoms with Crippen LogP contribution in [0.1, 0.15) is 54.0 Å². The molecule has 0 bridgehead atoms. The zero-order valence-electron chi connectivity index (χ0n) is 30.2. The van der Waals surface area contributed by atoms with Crippen LogP contribution in [0.25, 0.3) is 10.9 Å². The largest absolute Gasteiger partial charge is 0.469 e. The summed E-state index contributed by atoms with van der Waals surface area (Å²) in [4.78, 5) is 37.2. The van der Waals surface area contributed by atoms with E-state index in [-0.39, 0.29) is 48.1 Å². The number of halogens is 1. The lowest BCUT2D eigenvalue weighted by Crippen LogP contribution is -2.68. The molecule has 2 aliphatic rings. The molecule has 7 rings (SSSR count). The molecule has 1 fully saturated rings. The Morgan fingerprint density at radius 1 is 1.00 bits per heavy atom. The summed E-state index contributed by atoms with van der Waals surface area (Å²) in [6, 6.07) is 27.1. The number of aromatic amines is 1. The second-order valence-electron chi connectivity index (χ2n) is 14.7. The van der Waals surface area contributed by atoms with Crippen molar-refractivity contribution in [1.29, 1.82) is 0 Å². The van der Waals surface area contributed by atoms with Gasteiger partial charge in [-0.05, 0) is 52.5 Å². The molecule has 1 saturated heterocycles. The number of carbonyl (C=O) groups is 2. The number of aromatic nitrogens is 2. The maximum absolute atomic E-state index is 14.2. The van der Waals surface area contributed by atoms with Crippen LogP contribution in [0.5, 0.6) is 0 Å². The summed E-state index contributed by atoms with van der Waals surface area (Å²) in [7, 11) is -5.48. The standard InChI is InChI=1S/C39H43ClN4O6S2Si/c1-39(2,3)53(30-11-7-5-8-12-30,31-13-9-6-10-14-31)50-29-16-18-33-34(24-29)51-37(42-33)38(46)44-20-19-43(25-28(44)23-36(45)49-4)52(47,48)35-22-26-21-27(40)15-17-32(26)41-35/h5-15,17,21-22,28-29,41H,16,18-20,23-25H2,1-4H3. The Bertz CT molecular complexity index is 2200. The summed E-state index contributed by atoms with van der Waals surface area (Å²) >= 11 is 7.50. The first-order valence-electron chi connectivity index (χ1n) is 17.7. The van der Waals surface area contributed by atoms with Gasteiger partial charge in [-0.1, -0.05) is 93.0 Å². The maximum Gasteiger partial charge on any atom is 0.307 e. The van der Waals surface area contributed by atoms with Gasteiger partial charge >= 0.3 is 5.97 Å². The predicted octanol–water partition coefficient (Wildman–Crippen LogP) is 5.79. The number of sulfonamides is 1. The van der Waals surface area contributed by atoms with Gasteiger partial charge in [-0.25, -0.2) is 13.4 Å². The Morgan fingerprint density at radius 2 is 1.68 bits per heavy atom. The lowest BCUT2D eigenvalue weighted by atomic mass is 10.0. The van der Waals surface area contributed by atoms with Gasteiger partial charge in [0.1, 0.15) is 5.03 Å². The normalized spacial score (nSPS) is 18.5. The highest BCUT2D eigenvalue weighted by atomic mass is 35.5. The smallest absolute Gasteiger partial charge is 0.307 e. The first kappa shape index (κ1) is 37.5. The highest BCUT2D eigenvalue weighted by Crippen LogP contribution is 2.40. The summed E-state index contributed by atoms with van der Waals surface area (Å²) in [5.74, 6) is -0.853. The van der Waals surface area contributed by atoms with Crippen molar-refractivity contribution in [2.75, 3.05) is 26.7 Å². The average molecular weight is 791 g/mol. The van der Waals surface area contributed by atoms with Crippen LogP contribution < -0.4 is 10.4 Å². The molecule has 0 radical (unpaired) electrons. The van der Waals surface area contributed by atoms with Crippen LogP contribution in [0.4, 0.5) is 0 Å². The number of benzene rings is 3. The first-order valence-corrected chi connectivity index (χ1v) is 22.3. The number of H-pyrrole nitrogens is 1. The molecule has 1 amide bonds. The van der Waals surface area contributed by atoms with Gasteiger partial charge in [0.25, 0.3) is 24.2 Å². The highest BCUT2D eigenvalue weighted by Gasteiger charge is 2.52. The molecule has 1 N–H and O–H groups in total. The lowest BCUT2D eigenvalue weighted by molar-refractivity contribution is -0.142. The minimum atomic E-state index is -3.98. The average Bonchev–Trinajstić information content (AvgIpc) is 3.78. The number of methoxy groups -OCH3 is 1. The van der Waals surface area contributed by atoms with Crippen LogP contribution in [-0.4, -0.2) is 86.7 Å². The molecule has 2 atom stereocenters. The molecule has 2 aromatic heterocycles. The van der Waals surface area contributed by atoms with Crippen LogP contribution >= 0.6 is 22.9 Å². The van der Waals surface area contributed by atoms with E-state index in [0.29, 0.717) is 33.8 Å². The highest BCUT2D eigenvalue weighted by molar-refractivity contribution is 7.89. The van der Waals surface area contributed by atoms with Gasteiger partial charge in [0.2, 0.25) is 0 Å². The fourth-order valence-corrected chi connectivity index (χ4v) is 15.2. The number of nitrogens with one attached hydrogen (secondary N) is 1.